The molecular formula is C21H18N2O5S2. The van der Waals surface area contributed by atoms with Crippen molar-refractivity contribution in [2.45, 2.75) is 6.61 Å². The third-order valence-corrected chi connectivity index (χ3v) is 5.62. The Balaban J connectivity index is 1.79. The maximum absolute atomic E-state index is 12.5. The number of nitrogens with zero attached hydrogens (tertiary/aromatic N) is 2. The molecule has 1 aliphatic heterocycles. The van der Waals surface area contributed by atoms with Gasteiger partial charge < -0.3 is 9.47 Å². The SMILES string of the molecule is C=CCN1C(=O)/C(=C/c2ccc(OCc3ccccc3[N+](=O)[O-])c(OC)c2)SC1=S. The summed E-state index contributed by atoms with van der Waals surface area (Å²) < 4.78 is 11.6. The van der Waals surface area contributed by atoms with Crippen LogP contribution in [0.2, 0.25) is 0 Å². The van der Waals surface area contributed by atoms with Crippen LogP contribution in [0.5, 0.6) is 11.5 Å². The van der Waals surface area contributed by atoms with Gasteiger partial charge in [0, 0.05) is 12.6 Å². The number of methoxy groups -OCH3 is 1. The highest BCUT2D eigenvalue weighted by molar-refractivity contribution is 8.26. The predicted molar refractivity (Wildman–Crippen MR) is 120 cm³/mol. The van der Waals surface area contributed by atoms with Crippen LogP contribution in [0.1, 0.15) is 11.1 Å². The molecule has 2 aromatic rings. The number of hydrogen-bond acceptors (Lipinski definition) is 7. The fraction of sp³-hybridized carbons (Fsp3) is 0.143. The molecule has 0 aromatic heterocycles. The number of thiocarbonyl (C=S) groups is 1. The zero-order chi connectivity index (χ0) is 21.7. The Bertz CT molecular complexity index is 1050. The molecule has 2 aromatic carbocycles. The first kappa shape index (κ1) is 21.5. The first-order valence-corrected chi connectivity index (χ1v) is 10.1. The highest BCUT2D eigenvalue weighted by Crippen LogP contribution is 2.35. The second-order valence-corrected chi connectivity index (χ2v) is 7.84. The van der Waals surface area contributed by atoms with Crippen LogP contribution in [0.3, 0.4) is 0 Å². The second-order valence-electron chi connectivity index (χ2n) is 6.17. The van der Waals surface area contributed by atoms with E-state index in [1.54, 1.807) is 48.6 Å². The standard InChI is InChI=1S/C21H18N2O5S2/c1-3-10-22-20(24)19(30-21(22)29)12-14-8-9-17(18(11-14)27-2)28-13-15-6-4-5-7-16(15)23(25)26/h3-9,11-12H,1,10,13H2,2H3/b19-12-. The van der Waals surface area contributed by atoms with Gasteiger partial charge in [0.05, 0.1) is 22.5 Å². The number of nitro benzene ring substituents is 1. The van der Waals surface area contributed by atoms with Gasteiger partial charge >= 0.3 is 0 Å². The van der Waals surface area contributed by atoms with Gasteiger partial charge in [0.1, 0.15) is 10.9 Å². The monoisotopic (exact) mass is 442 g/mol. The highest BCUT2D eigenvalue weighted by atomic mass is 32.2. The van der Waals surface area contributed by atoms with E-state index in [9.17, 15) is 14.9 Å². The summed E-state index contributed by atoms with van der Waals surface area (Å²) in [6.45, 7) is 4.02. The molecule has 7 nitrogen and oxygen atoms in total. The smallest absolute Gasteiger partial charge is 0.276 e. The van der Waals surface area contributed by atoms with Gasteiger partial charge in [-0.2, -0.15) is 0 Å². The van der Waals surface area contributed by atoms with Crippen molar-refractivity contribution in [3.63, 3.8) is 0 Å². The topological polar surface area (TPSA) is 81.9 Å². The van der Waals surface area contributed by atoms with E-state index in [1.165, 1.54) is 29.8 Å². The van der Waals surface area contributed by atoms with Crippen molar-refractivity contribution in [1.29, 1.82) is 0 Å². The fourth-order valence-electron chi connectivity index (χ4n) is 2.80. The fourth-order valence-corrected chi connectivity index (χ4v) is 4.07. The molecule has 1 aliphatic rings. The summed E-state index contributed by atoms with van der Waals surface area (Å²) in [6.07, 6.45) is 3.36. The average molecular weight is 443 g/mol. The Hall–Kier alpha value is -3.17. The molecule has 9 heteroatoms. The largest absolute Gasteiger partial charge is 0.493 e. The van der Waals surface area contributed by atoms with E-state index in [0.717, 1.165) is 5.56 Å². The number of amides is 1. The number of thioether (sulfide) groups is 1. The zero-order valence-electron chi connectivity index (χ0n) is 16.1. The molecule has 1 heterocycles. The van der Waals surface area contributed by atoms with Crippen LogP contribution in [0.4, 0.5) is 5.69 Å². The second kappa shape index (κ2) is 9.55. The van der Waals surface area contributed by atoms with E-state index in [2.05, 4.69) is 6.58 Å². The van der Waals surface area contributed by atoms with Crippen molar-refractivity contribution >= 4 is 46.0 Å². The van der Waals surface area contributed by atoms with E-state index in [4.69, 9.17) is 21.7 Å². The Kier molecular flexibility index (Phi) is 6.86. The zero-order valence-corrected chi connectivity index (χ0v) is 17.7. The average Bonchev–Trinajstić information content (AvgIpc) is 3.00. The van der Waals surface area contributed by atoms with Crippen molar-refractivity contribution in [2.24, 2.45) is 0 Å². The van der Waals surface area contributed by atoms with Crippen LogP contribution in [0.25, 0.3) is 6.08 Å². The van der Waals surface area contributed by atoms with Crippen LogP contribution in [-0.4, -0.2) is 33.7 Å². The minimum atomic E-state index is -0.443. The quantitative estimate of drug-likeness (QED) is 0.195. The summed E-state index contributed by atoms with van der Waals surface area (Å²) in [5.41, 5.74) is 1.19. The van der Waals surface area contributed by atoms with Gasteiger partial charge in [0.2, 0.25) is 0 Å². The van der Waals surface area contributed by atoms with Gasteiger partial charge in [0.15, 0.2) is 11.5 Å². The Morgan fingerprint density at radius 3 is 2.73 bits per heavy atom. The molecule has 1 amide bonds. The lowest BCUT2D eigenvalue weighted by atomic mass is 10.1. The number of nitro groups is 1. The summed E-state index contributed by atoms with van der Waals surface area (Å²) in [4.78, 5) is 25.2. The van der Waals surface area contributed by atoms with Crippen molar-refractivity contribution in [1.82, 2.24) is 4.90 Å². The molecule has 1 fully saturated rings. The van der Waals surface area contributed by atoms with E-state index < -0.39 is 4.92 Å². The molecule has 3 rings (SSSR count). The van der Waals surface area contributed by atoms with Gasteiger partial charge in [-0.1, -0.05) is 48.3 Å². The Morgan fingerprint density at radius 1 is 1.27 bits per heavy atom. The number of rotatable bonds is 8. The lowest BCUT2D eigenvalue weighted by Crippen LogP contribution is -2.27. The first-order valence-electron chi connectivity index (χ1n) is 8.84. The Morgan fingerprint density at radius 2 is 2.03 bits per heavy atom. The number of carbonyl (C=O) groups is 1. The van der Waals surface area contributed by atoms with Gasteiger partial charge in [-0.15, -0.1) is 6.58 Å². The number of para-hydroxylation sites is 1. The molecule has 0 bridgehead atoms. The number of hydrogen-bond donors (Lipinski definition) is 0. The third-order valence-electron chi connectivity index (χ3n) is 4.24. The van der Waals surface area contributed by atoms with E-state index >= 15 is 0 Å². The molecule has 0 radical (unpaired) electrons. The van der Waals surface area contributed by atoms with E-state index in [1.807, 2.05) is 0 Å². The van der Waals surface area contributed by atoms with Crippen LogP contribution in [0, 0.1) is 10.1 Å². The predicted octanol–water partition coefficient (Wildman–Crippen LogP) is 4.57. The lowest BCUT2D eigenvalue weighted by molar-refractivity contribution is -0.385. The van der Waals surface area contributed by atoms with Crippen molar-refractivity contribution in [3.8, 4) is 11.5 Å². The van der Waals surface area contributed by atoms with E-state index in [0.29, 0.717) is 32.8 Å². The molecule has 0 atom stereocenters. The molecule has 0 aliphatic carbocycles. The van der Waals surface area contributed by atoms with Gasteiger partial charge in [-0.05, 0) is 29.8 Å². The normalized spacial score (nSPS) is 14.8. The van der Waals surface area contributed by atoms with Crippen LogP contribution in [0.15, 0.2) is 60.0 Å². The van der Waals surface area contributed by atoms with Crippen molar-refractivity contribution < 1.29 is 19.2 Å². The molecule has 0 saturated carbocycles. The van der Waals surface area contributed by atoms with E-state index in [-0.39, 0.29) is 18.2 Å². The maximum atomic E-state index is 12.5. The summed E-state index contributed by atoms with van der Waals surface area (Å²) >= 11 is 6.47. The molecule has 0 N–H and O–H groups in total. The highest BCUT2D eigenvalue weighted by Gasteiger charge is 2.31. The summed E-state index contributed by atoms with van der Waals surface area (Å²) in [6, 6.07) is 11.6. The molecule has 1 saturated heterocycles. The maximum Gasteiger partial charge on any atom is 0.276 e. The minimum absolute atomic E-state index is 0.00496. The Labute approximate surface area is 183 Å². The summed E-state index contributed by atoms with van der Waals surface area (Å²) in [7, 11) is 1.50. The lowest BCUT2D eigenvalue weighted by Gasteiger charge is -2.12. The summed E-state index contributed by atoms with van der Waals surface area (Å²) in [5, 5.41) is 11.2. The van der Waals surface area contributed by atoms with Crippen LogP contribution >= 0.6 is 24.0 Å². The molecular weight excluding hydrogens is 424 g/mol. The third kappa shape index (κ3) is 4.69. The van der Waals surface area contributed by atoms with Crippen LogP contribution in [-0.2, 0) is 11.4 Å². The molecule has 0 spiro atoms. The van der Waals surface area contributed by atoms with Gasteiger partial charge in [0.25, 0.3) is 11.6 Å². The number of carbonyl (C=O) groups excluding carboxylic acids is 1. The first-order chi connectivity index (χ1) is 14.4. The van der Waals surface area contributed by atoms with Crippen molar-refractivity contribution in [2.75, 3.05) is 13.7 Å². The molecule has 0 unspecified atom stereocenters. The van der Waals surface area contributed by atoms with Crippen molar-refractivity contribution in [3.05, 3.63) is 81.3 Å². The summed E-state index contributed by atoms with van der Waals surface area (Å²) in [5.74, 6) is 0.719. The van der Waals surface area contributed by atoms with Gasteiger partial charge in [-0.3, -0.25) is 19.8 Å². The van der Waals surface area contributed by atoms with Gasteiger partial charge in [-0.25, -0.2) is 0 Å². The molecule has 30 heavy (non-hydrogen) atoms. The minimum Gasteiger partial charge on any atom is -0.493 e. The molecule has 154 valence electrons. The van der Waals surface area contributed by atoms with Crippen LogP contribution < -0.4 is 9.47 Å². The number of ether oxygens (including phenoxy) is 2. The number of benzene rings is 2.